The van der Waals surface area contributed by atoms with Gasteiger partial charge in [-0.2, -0.15) is 0 Å². The molecule has 2 saturated heterocycles. The first-order valence-corrected chi connectivity index (χ1v) is 11.4. The van der Waals surface area contributed by atoms with Crippen LogP contribution in [0.3, 0.4) is 0 Å². The number of fused-ring (bicyclic) bond motifs is 2. The fourth-order valence-corrected chi connectivity index (χ4v) is 9.53. The summed E-state index contributed by atoms with van der Waals surface area (Å²) in [7, 11) is -2.71. The summed E-state index contributed by atoms with van der Waals surface area (Å²) in [5.74, 6) is 0.579. The normalized spacial score (nSPS) is 30.5. The Labute approximate surface area is 165 Å². The van der Waals surface area contributed by atoms with Gasteiger partial charge in [-0.15, -0.1) is 0 Å². The Morgan fingerprint density at radius 3 is 2.50 bits per heavy atom. The van der Waals surface area contributed by atoms with Gasteiger partial charge in [-0.25, -0.2) is 15.0 Å². The number of imidazole rings is 1. The average Bonchev–Trinajstić information content (AvgIpc) is 3.17. The number of nitrogens with two attached hydrogens (primary N) is 1. The Morgan fingerprint density at radius 2 is 1.86 bits per heavy atom. The van der Waals surface area contributed by atoms with E-state index >= 15 is 0 Å². The van der Waals surface area contributed by atoms with Gasteiger partial charge in [-0.3, -0.25) is 0 Å². The molecular formula is C18H29N5O4Si. The van der Waals surface area contributed by atoms with E-state index < -0.39 is 26.9 Å². The van der Waals surface area contributed by atoms with Crippen molar-refractivity contribution in [2.45, 2.75) is 76.0 Å². The number of nitrogens with zero attached hydrogens (tertiary/aromatic N) is 3. The molecule has 0 amide bonds. The summed E-state index contributed by atoms with van der Waals surface area (Å²) in [4.78, 5) is 15.8. The van der Waals surface area contributed by atoms with Crippen LogP contribution >= 0.6 is 0 Å². The number of aromatic nitrogens is 4. The maximum absolute atomic E-state index is 11.1. The molecule has 4 rings (SSSR count). The summed E-state index contributed by atoms with van der Waals surface area (Å²) in [5, 5.41) is 10.7. The zero-order valence-electron chi connectivity index (χ0n) is 17.2. The lowest BCUT2D eigenvalue weighted by molar-refractivity contribution is -0.0726. The zero-order chi connectivity index (χ0) is 20.5. The van der Waals surface area contributed by atoms with Gasteiger partial charge in [0.05, 0.1) is 12.9 Å². The molecule has 2 aliphatic rings. The van der Waals surface area contributed by atoms with Gasteiger partial charge in [-0.1, -0.05) is 41.5 Å². The molecule has 2 fully saturated rings. The Kier molecular flexibility index (Phi) is 4.36. The van der Waals surface area contributed by atoms with Crippen molar-refractivity contribution in [2.24, 2.45) is 0 Å². The predicted octanol–water partition coefficient (Wildman–Crippen LogP) is 2.19. The maximum Gasteiger partial charge on any atom is 0.349 e. The number of rotatable bonds is 1. The van der Waals surface area contributed by atoms with Gasteiger partial charge >= 0.3 is 8.56 Å². The SMILES string of the molecule is CC(C)(C)[Si]1(C(C)(C)C)OC[C@H]2O[C@@H](c3nc(N)c4[nH]cnc4n3)[C@@H](O)[C@@H]2O1. The number of aliphatic hydroxyl groups is 1. The molecule has 154 valence electrons. The van der Waals surface area contributed by atoms with E-state index in [0.29, 0.717) is 23.6 Å². The topological polar surface area (TPSA) is 128 Å². The predicted molar refractivity (Wildman–Crippen MR) is 106 cm³/mol. The lowest BCUT2D eigenvalue weighted by Gasteiger charge is -2.53. The third-order valence-electron chi connectivity index (χ3n) is 5.65. The van der Waals surface area contributed by atoms with Gasteiger partial charge in [0.25, 0.3) is 0 Å². The van der Waals surface area contributed by atoms with Gasteiger partial charge in [0, 0.05) is 10.1 Å². The summed E-state index contributed by atoms with van der Waals surface area (Å²) in [6.45, 7) is 13.2. The molecule has 2 aliphatic heterocycles. The summed E-state index contributed by atoms with van der Waals surface area (Å²) in [6.07, 6.45) is -1.03. The van der Waals surface area contributed by atoms with Gasteiger partial charge in [0.15, 0.2) is 17.3 Å². The van der Waals surface area contributed by atoms with Crippen LogP contribution in [-0.4, -0.2) is 58.5 Å². The van der Waals surface area contributed by atoms with E-state index in [1.807, 2.05) is 0 Å². The van der Waals surface area contributed by atoms with Crippen LogP contribution in [-0.2, 0) is 13.6 Å². The fourth-order valence-electron chi connectivity index (χ4n) is 4.57. The Balaban J connectivity index is 1.67. The molecular weight excluding hydrogens is 378 g/mol. The van der Waals surface area contributed by atoms with Crippen LogP contribution in [0.1, 0.15) is 53.5 Å². The number of H-pyrrole nitrogens is 1. The van der Waals surface area contributed by atoms with Crippen LogP contribution in [0.2, 0.25) is 10.1 Å². The Morgan fingerprint density at radius 1 is 1.18 bits per heavy atom. The second-order valence-electron chi connectivity index (χ2n) is 9.66. The number of anilines is 1. The van der Waals surface area contributed by atoms with Gasteiger partial charge in [0.2, 0.25) is 0 Å². The lowest BCUT2D eigenvalue weighted by atomic mass is 10.1. The first-order chi connectivity index (χ1) is 12.9. The smallest absolute Gasteiger partial charge is 0.349 e. The molecule has 4 N–H and O–H groups in total. The molecule has 2 aromatic heterocycles. The minimum atomic E-state index is -2.71. The van der Waals surface area contributed by atoms with Gasteiger partial charge < -0.3 is 29.4 Å². The number of hydrogen-bond acceptors (Lipinski definition) is 8. The molecule has 0 bridgehead atoms. The first-order valence-electron chi connectivity index (χ1n) is 9.56. The molecule has 2 aromatic rings. The van der Waals surface area contributed by atoms with E-state index in [0.717, 1.165) is 0 Å². The summed E-state index contributed by atoms with van der Waals surface area (Å²) >= 11 is 0. The largest absolute Gasteiger partial charge is 0.391 e. The van der Waals surface area contributed by atoms with Crippen molar-refractivity contribution in [3.05, 3.63) is 12.2 Å². The average molecular weight is 408 g/mol. The monoisotopic (exact) mass is 407 g/mol. The summed E-state index contributed by atoms with van der Waals surface area (Å²) < 4.78 is 19.1. The van der Waals surface area contributed by atoms with E-state index in [2.05, 4.69) is 61.5 Å². The minimum absolute atomic E-state index is 0.178. The molecule has 4 heterocycles. The molecule has 0 saturated carbocycles. The second kappa shape index (κ2) is 6.20. The van der Waals surface area contributed by atoms with Crippen molar-refractivity contribution >= 4 is 25.5 Å². The third kappa shape index (κ3) is 2.78. The van der Waals surface area contributed by atoms with Crippen LogP contribution in [0.4, 0.5) is 5.82 Å². The molecule has 0 radical (unpaired) electrons. The van der Waals surface area contributed by atoms with E-state index in [1.165, 1.54) is 6.33 Å². The van der Waals surface area contributed by atoms with E-state index in [-0.39, 0.29) is 22.0 Å². The van der Waals surface area contributed by atoms with E-state index in [1.54, 1.807) is 0 Å². The van der Waals surface area contributed by atoms with Crippen LogP contribution in [0.5, 0.6) is 0 Å². The molecule has 0 spiro atoms. The summed E-state index contributed by atoms with van der Waals surface area (Å²) in [5.41, 5.74) is 7.02. The van der Waals surface area contributed by atoms with E-state index in [9.17, 15) is 5.11 Å². The Hall–Kier alpha value is -1.59. The summed E-state index contributed by atoms with van der Waals surface area (Å²) in [6, 6.07) is 0. The minimum Gasteiger partial charge on any atom is -0.391 e. The Bertz CT molecular complexity index is 876. The highest BCUT2D eigenvalue weighted by atomic mass is 28.4. The molecule has 0 aliphatic carbocycles. The quantitative estimate of drug-likeness (QED) is 0.614. The number of ether oxygens (including phenoxy) is 1. The third-order valence-corrected chi connectivity index (χ3v) is 10.8. The fraction of sp³-hybridized carbons (Fsp3) is 0.722. The van der Waals surface area contributed by atoms with Crippen molar-refractivity contribution in [2.75, 3.05) is 12.3 Å². The van der Waals surface area contributed by atoms with Crippen molar-refractivity contribution in [1.82, 2.24) is 19.9 Å². The molecule has 0 unspecified atom stereocenters. The van der Waals surface area contributed by atoms with Gasteiger partial charge in [0.1, 0.15) is 29.9 Å². The van der Waals surface area contributed by atoms with Crippen molar-refractivity contribution in [1.29, 1.82) is 0 Å². The van der Waals surface area contributed by atoms with Crippen LogP contribution in [0, 0.1) is 0 Å². The second-order valence-corrected chi connectivity index (χ2v) is 14.4. The molecule has 4 atom stereocenters. The van der Waals surface area contributed by atoms with Crippen LogP contribution in [0.25, 0.3) is 11.2 Å². The molecule has 10 heteroatoms. The number of nitrogen functional groups attached to an aromatic ring is 1. The van der Waals surface area contributed by atoms with Gasteiger partial charge in [-0.05, 0) is 0 Å². The van der Waals surface area contributed by atoms with Crippen LogP contribution < -0.4 is 5.73 Å². The van der Waals surface area contributed by atoms with E-state index in [4.69, 9.17) is 19.3 Å². The van der Waals surface area contributed by atoms with Crippen molar-refractivity contribution in [3.8, 4) is 0 Å². The zero-order valence-corrected chi connectivity index (χ0v) is 18.2. The number of nitrogens with one attached hydrogen (secondary N) is 1. The maximum atomic E-state index is 11.1. The molecule has 28 heavy (non-hydrogen) atoms. The van der Waals surface area contributed by atoms with Crippen molar-refractivity contribution in [3.63, 3.8) is 0 Å². The molecule has 0 aromatic carbocycles. The highest BCUT2D eigenvalue weighted by Crippen LogP contribution is 2.56. The highest BCUT2D eigenvalue weighted by Gasteiger charge is 2.65. The van der Waals surface area contributed by atoms with Crippen LogP contribution in [0.15, 0.2) is 6.33 Å². The molecule has 9 nitrogen and oxygen atoms in total. The van der Waals surface area contributed by atoms with Crippen molar-refractivity contribution < 1.29 is 18.7 Å². The first kappa shape index (κ1) is 19.7. The number of hydrogen-bond donors (Lipinski definition) is 3. The standard InChI is InChI=1S/C18H29N5O4Si/c1-17(2,3)28(18(4,5)6)25-7-9-12(27-28)11(24)13(26-9)16-22-14(19)10-15(23-16)21-8-20-10/h8-9,11-13,24H,7H2,1-6H3,(H3,19,20,21,22,23)/t9-,11+,12-,13-/m1/s1. The lowest BCUT2D eigenvalue weighted by Crippen LogP contribution is -2.65. The number of aromatic amines is 1. The number of aliphatic hydroxyl groups excluding tert-OH is 1. The highest BCUT2D eigenvalue weighted by molar-refractivity contribution is 6.73.